The van der Waals surface area contributed by atoms with E-state index in [0.29, 0.717) is 19.1 Å². The molecule has 1 fully saturated rings. The van der Waals surface area contributed by atoms with Crippen LogP contribution in [0.3, 0.4) is 0 Å². The van der Waals surface area contributed by atoms with Gasteiger partial charge in [-0.2, -0.15) is 0 Å². The molecule has 0 aromatic carbocycles. The monoisotopic (exact) mass is 241 g/mol. The van der Waals surface area contributed by atoms with Crippen molar-refractivity contribution in [1.82, 2.24) is 9.80 Å². The van der Waals surface area contributed by atoms with Gasteiger partial charge < -0.3 is 10.6 Å². The Balaban J connectivity index is 2.39. The average Bonchev–Trinajstić information content (AvgIpc) is 2.38. The van der Waals surface area contributed by atoms with E-state index in [1.54, 1.807) is 0 Å². The molecule has 0 bridgehead atoms. The predicted molar refractivity (Wildman–Crippen MR) is 70.8 cm³/mol. The van der Waals surface area contributed by atoms with Gasteiger partial charge in [-0.05, 0) is 19.4 Å². The molecule has 1 aliphatic rings. The lowest BCUT2D eigenvalue weighted by molar-refractivity contribution is -0.133. The fraction of sp³-hybridized carbons (Fsp3) is 0.923. The molecule has 100 valence electrons. The molecule has 0 aliphatic heterocycles. The van der Waals surface area contributed by atoms with Gasteiger partial charge in [0.1, 0.15) is 0 Å². The third-order valence-corrected chi connectivity index (χ3v) is 3.77. The van der Waals surface area contributed by atoms with Crippen LogP contribution in [-0.4, -0.2) is 55.0 Å². The van der Waals surface area contributed by atoms with Crippen molar-refractivity contribution in [2.75, 3.05) is 33.2 Å². The molecule has 1 saturated carbocycles. The minimum atomic E-state index is 0.243. The molecule has 0 heterocycles. The molecule has 0 aromatic rings. The van der Waals surface area contributed by atoms with E-state index in [1.165, 1.54) is 32.1 Å². The maximum atomic E-state index is 12.1. The van der Waals surface area contributed by atoms with Gasteiger partial charge in [0.25, 0.3) is 0 Å². The van der Waals surface area contributed by atoms with Gasteiger partial charge in [0.05, 0.1) is 6.54 Å². The summed E-state index contributed by atoms with van der Waals surface area (Å²) in [7, 11) is 1.95. The Morgan fingerprint density at radius 3 is 2.47 bits per heavy atom. The average molecular weight is 241 g/mol. The summed E-state index contributed by atoms with van der Waals surface area (Å²) >= 11 is 0. The molecule has 1 aliphatic carbocycles. The molecule has 0 atom stereocenters. The number of carbonyl (C=O) groups excluding carboxylic acids is 1. The molecule has 0 aromatic heterocycles. The Labute approximate surface area is 105 Å². The van der Waals surface area contributed by atoms with Crippen LogP contribution in [0.1, 0.15) is 39.0 Å². The van der Waals surface area contributed by atoms with Gasteiger partial charge in [-0.3, -0.25) is 9.69 Å². The minimum Gasteiger partial charge on any atom is -0.342 e. The topological polar surface area (TPSA) is 49.6 Å². The molecule has 1 rings (SSSR count). The largest absolute Gasteiger partial charge is 0.342 e. The maximum Gasteiger partial charge on any atom is 0.236 e. The Hall–Kier alpha value is -0.610. The summed E-state index contributed by atoms with van der Waals surface area (Å²) in [5, 5.41) is 0. The highest BCUT2D eigenvalue weighted by atomic mass is 16.2. The summed E-state index contributed by atoms with van der Waals surface area (Å²) in [6, 6.07) is 0.466. The zero-order chi connectivity index (χ0) is 12.7. The summed E-state index contributed by atoms with van der Waals surface area (Å²) in [6.45, 7) is 4.90. The van der Waals surface area contributed by atoms with Crippen LogP contribution in [0.25, 0.3) is 0 Å². The zero-order valence-corrected chi connectivity index (χ0v) is 11.3. The van der Waals surface area contributed by atoms with Crippen LogP contribution >= 0.6 is 0 Å². The summed E-state index contributed by atoms with van der Waals surface area (Å²) in [4.78, 5) is 16.2. The predicted octanol–water partition coefficient (Wildman–Crippen LogP) is 1.06. The van der Waals surface area contributed by atoms with Crippen LogP contribution in [0.4, 0.5) is 0 Å². The zero-order valence-electron chi connectivity index (χ0n) is 11.3. The van der Waals surface area contributed by atoms with Gasteiger partial charge in [-0.15, -0.1) is 0 Å². The van der Waals surface area contributed by atoms with Crippen LogP contribution in [0.5, 0.6) is 0 Å². The number of carbonyl (C=O) groups is 1. The van der Waals surface area contributed by atoms with E-state index in [2.05, 4.69) is 11.8 Å². The van der Waals surface area contributed by atoms with Crippen molar-refractivity contribution < 1.29 is 4.79 Å². The second-order valence-electron chi connectivity index (χ2n) is 4.95. The fourth-order valence-electron chi connectivity index (χ4n) is 2.51. The van der Waals surface area contributed by atoms with E-state index in [-0.39, 0.29) is 5.91 Å². The van der Waals surface area contributed by atoms with E-state index in [0.717, 1.165) is 13.1 Å². The Bertz CT molecular complexity index is 227. The molecule has 0 saturated heterocycles. The van der Waals surface area contributed by atoms with Crippen LogP contribution < -0.4 is 5.73 Å². The Morgan fingerprint density at radius 2 is 1.94 bits per heavy atom. The second kappa shape index (κ2) is 7.67. The number of nitrogens with zero attached hydrogens (tertiary/aromatic N) is 2. The number of hydrogen-bond acceptors (Lipinski definition) is 3. The number of likely N-dealkylation sites (N-methyl/N-ethyl adjacent to an activating group) is 2. The highest BCUT2D eigenvalue weighted by molar-refractivity contribution is 5.78. The van der Waals surface area contributed by atoms with Crippen molar-refractivity contribution in [1.29, 1.82) is 0 Å². The first kappa shape index (κ1) is 14.5. The van der Waals surface area contributed by atoms with Crippen molar-refractivity contribution in [3.8, 4) is 0 Å². The molecule has 4 nitrogen and oxygen atoms in total. The standard InChI is InChI=1S/C13H27N3O/c1-3-16(10-9-14)11-13(17)15(2)12-7-5-4-6-8-12/h12H,3-11,14H2,1-2H3. The van der Waals surface area contributed by atoms with E-state index < -0.39 is 0 Å². The lowest BCUT2D eigenvalue weighted by Crippen LogP contribution is -2.45. The van der Waals surface area contributed by atoms with Crippen LogP contribution in [0.15, 0.2) is 0 Å². The minimum absolute atomic E-state index is 0.243. The summed E-state index contributed by atoms with van der Waals surface area (Å²) in [5.74, 6) is 0.243. The fourth-order valence-corrected chi connectivity index (χ4v) is 2.51. The lowest BCUT2D eigenvalue weighted by atomic mass is 9.94. The van der Waals surface area contributed by atoms with Gasteiger partial charge >= 0.3 is 0 Å². The first-order chi connectivity index (χ1) is 8.19. The molecular weight excluding hydrogens is 214 g/mol. The second-order valence-corrected chi connectivity index (χ2v) is 4.95. The van der Waals surface area contributed by atoms with Crippen molar-refractivity contribution in [2.45, 2.75) is 45.1 Å². The summed E-state index contributed by atoms with van der Waals surface area (Å²) in [5.41, 5.74) is 5.53. The molecule has 0 unspecified atom stereocenters. The Kier molecular flexibility index (Phi) is 6.52. The van der Waals surface area contributed by atoms with Crippen LogP contribution in [0.2, 0.25) is 0 Å². The number of hydrogen-bond donors (Lipinski definition) is 1. The molecule has 2 N–H and O–H groups in total. The number of nitrogens with two attached hydrogens (primary N) is 1. The van der Waals surface area contributed by atoms with E-state index >= 15 is 0 Å². The molecular formula is C13H27N3O. The quantitative estimate of drug-likeness (QED) is 0.756. The third-order valence-electron chi connectivity index (χ3n) is 3.77. The van der Waals surface area contributed by atoms with E-state index in [9.17, 15) is 4.79 Å². The summed E-state index contributed by atoms with van der Waals surface area (Å²) < 4.78 is 0. The SMILES string of the molecule is CCN(CCN)CC(=O)N(C)C1CCCCC1. The first-order valence-corrected chi connectivity index (χ1v) is 6.87. The van der Waals surface area contributed by atoms with E-state index in [1.807, 2.05) is 11.9 Å². The first-order valence-electron chi connectivity index (χ1n) is 6.87. The van der Waals surface area contributed by atoms with Gasteiger partial charge in [0.15, 0.2) is 0 Å². The van der Waals surface area contributed by atoms with Gasteiger partial charge in [-0.1, -0.05) is 26.2 Å². The van der Waals surface area contributed by atoms with Gasteiger partial charge in [0.2, 0.25) is 5.91 Å². The third kappa shape index (κ3) is 4.64. The number of amides is 1. The number of rotatable bonds is 6. The van der Waals surface area contributed by atoms with Gasteiger partial charge in [-0.25, -0.2) is 0 Å². The van der Waals surface area contributed by atoms with Crippen LogP contribution in [0, 0.1) is 0 Å². The maximum absolute atomic E-state index is 12.1. The lowest BCUT2D eigenvalue weighted by Gasteiger charge is -2.32. The smallest absolute Gasteiger partial charge is 0.236 e. The van der Waals surface area contributed by atoms with Crippen molar-refractivity contribution >= 4 is 5.91 Å². The Morgan fingerprint density at radius 1 is 1.29 bits per heavy atom. The highest BCUT2D eigenvalue weighted by Gasteiger charge is 2.22. The normalized spacial score (nSPS) is 17.4. The highest BCUT2D eigenvalue weighted by Crippen LogP contribution is 2.21. The van der Waals surface area contributed by atoms with E-state index in [4.69, 9.17) is 5.73 Å². The van der Waals surface area contributed by atoms with Crippen molar-refractivity contribution in [3.63, 3.8) is 0 Å². The molecule has 0 radical (unpaired) electrons. The van der Waals surface area contributed by atoms with Crippen molar-refractivity contribution in [3.05, 3.63) is 0 Å². The summed E-state index contributed by atoms with van der Waals surface area (Å²) in [6.07, 6.45) is 6.20. The van der Waals surface area contributed by atoms with Crippen molar-refractivity contribution in [2.24, 2.45) is 5.73 Å². The molecule has 1 amide bonds. The van der Waals surface area contributed by atoms with Gasteiger partial charge in [0, 0.05) is 26.2 Å². The molecule has 4 heteroatoms. The van der Waals surface area contributed by atoms with Crippen LogP contribution in [-0.2, 0) is 4.79 Å². The molecule has 0 spiro atoms. The molecule has 17 heavy (non-hydrogen) atoms.